The molecular formula is C15H22N4O3. The van der Waals surface area contributed by atoms with Gasteiger partial charge in [-0.1, -0.05) is 5.16 Å². The Morgan fingerprint density at radius 1 is 1.27 bits per heavy atom. The van der Waals surface area contributed by atoms with Gasteiger partial charge in [0.15, 0.2) is 5.82 Å². The Balaban J connectivity index is 1.40. The highest BCUT2D eigenvalue weighted by atomic mass is 16.5. The first kappa shape index (κ1) is 14.1. The van der Waals surface area contributed by atoms with Crippen LogP contribution >= 0.6 is 0 Å². The fourth-order valence-electron chi connectivity index (χ4n) is 3.24. The maximum Gasteiger partial charge on any atom is 0.242 e. The lowest BCUT2D eigenvalue weighted by Gasteiger charge is -2.35. The average molecular weight is 306 g/mol. The minimum absolute atomic E-state index is 0.135. The summed E-state index contributed by atoms with van der Waals surface area (Å²) in [5.41, 5.74) is 0. The van der Waals surface area contributed by atoms with Gasteiger partial charge in [-0.15, -0.1) is 0 Å². The van der Waals surface area contributed by atoms with Crippen LogP contribution in [0.1, 0.15) is 49.2 Å². The van der Waals surface area contributed by atoms with Gasteiger partial charge in [-0.25, -0.2) is 0 Å². The van der Waals surface area contributed by atoms with Crippen molar-refractivity contribution in [3.05, 3.63) is 11.7 Å². The molecule has 1 amide bonds. The summed E-state index contributed by atoms with van der Waals surface area (Å²) in [6.45, 7) is 3.37. The number of rotatable bonds is 3. The summed E-state index contributed by atoms with van der Waals surface area (Å²) in [6.07, 6.45) is 4.31. The van der Waals surface area contributed by atoms with Crippen molar-refractivity contribution in [2.75, 3.05) is 32.8 Å². The molecule has 0 aromatic carbocycles. The summed E-state index contributed by atoms with van der Waals surface area (Å²) in [5, 5.41) is 7.38. The first-order valence-corrected chi connectivity index (χ1v) is 8.24. The number of piperidine rings is 1. The van der Waals surface area contributed by atoms with Crippen LogP contribution in [-0.4, -0.2) is 59.8 Å². The van der Waals surface area contributed by atoms with E-state index < -0.39 is 0 Å². The number of carbonyl (C=O) groups excluding carboxylic acids is 1. The van der Waals surface area contributed by atoms with Crippen molar-refractivity contribution in [2.24, 2.45) is 0 Å². The van der Waals surface area contributed by atoms with Crippen molar-refractivity contribution in [1.29, 1.82) is 0 Å². The van der Waals surface area contributed by atoms with Crippen LogP contribution in [0.2, 0.25) is 0 Å². The van der Waals surface area contributed by atoms with Gasteiger partial charge in [-0.2, -0.15) is 4.98 Å². The van der Waals surface area contributed by atoms with E-state index in [2.05, 4.69) is 15.5 Å². The van der Waals surface area contributed by atoms with Gasteiger partial charge < -0.3 is 19.5 Å². The van der Waals surface area contributed by atoms with Crippen molar-refractivity contribution >= 4 is 5.91 Å². The van der Waals surface area contributed by atoms with Gasteiger partial charge in [0.2, 0.25) is 11.8 Å². The lowest BCUT2D eigenvalue weighted by atomic mass is 9.96. The van der Waals surface area contributed by atoms with Crippen LogP contribution in [0, 0.1) is 0 Å². The minimum atomic E-state index is -0.209. The third kappa shape index (κ3) is 2.87. The number of hydrogen-bond acceptors (Lipinski definition) is 6. The molecule has 1 aliphatic carbocycles. The number of hydrogen-bond donors (Lipinski definition) is 1. The van der Waals surface area contributed by atoms with E-state index in [1.54, 1.807) is 0 Å². The number of nitrogens with one attached hydrogen (secondary N) is 1. The van der Waals surface area contributed by atoms with Crippen molar-refractivity contribution in [1.82, 2.24) is 20.4 Å². The normalized spacial score (nSPS) is 29.5. The van der Waals surface area contributed by atoms with Crippen molar-refractivity contribution in [2.45, 2.75) is 43.6 Å². The van der Waals surface area contributed by atoms with E-state index in [4.69, 9.17) is 9.26 Å². The van der Waals surface area contributed by atoms with E-state index in [1.165, 1.54) is 0 Å². The molecule has 4 rings (SSSR count). The van der Waals surface area contributed by atoms with E-state index in [0.29, 0.717) is 25.7 Å². The summed E-state index contributed by atoms with van der Waals surface area (Å²) in [7, 11) is 0. The highest BCUT2D eigenvalue weighted by molar-refractivity contribution is 5.82. The molecular weight excluding hydrogens is 284 g/mol. The van der Waals surface area contributed by atoms with E-state index in [0.717, 1.165) is 50.5 Å². The van der Waals surface area contributed by atoms with Gasteiger partial charge in [0.25, 0.3) is 0 Å². The largest absolute Gasteiger partial charge is 0.378 e. The predicted molar refractivity (Wildman–Crippen MR) is 77.4 cm³/mol. The molecule has 3 fully saturated rings. The van der Waals surface area contributed by atoms with Crippen molar-refractivity contribution in [3.63, 3.8) is 0 Å². The second-order valence-electron chi connectivity index (χ2n) is 6.47. The fourth-order valence-corrected chi connectivity index (χ4v) is 3.24. The molecule has 2 unspecified atom stereocenters. The molecule has 7 heteroatoms. The molecule has 7 nitrogen and oxygen atoms in total. The summed E-state index contributed by atoms with van der Waals surface area (Å²) in [4.78, 5) is 19.0. The zero-order chi connectivity index (χ0) is 14.9. The third-order valence-electron chi connectivity index (χ3n) is 4.70. The summed E-state index contributed by atoms with van der Waals surface area (Å²) in [5.74, 6) is 2.35. The smallest absolute Gasteiger partial charge is 0.242 e. The molecule has 1 saturated carbocycles. The molecule has 0 bridgehead atoms. The number of likely N-dealkylation sites (tertiary alicyclic amines) is 1. The van der Waals surface area contributed by atoms with Crippen LogP contribution in [0.4, 0.5) is 0 Å². The molecule has 3 aliphatic rings. The van der Waals surface area contributed by atoms with Gasteiger partial charge in [0.1, 0.15) is 6.04 Å². The predicted octanol–water partition coefficient (Wildman–Crippen LogP) is 0.641. The summed E-state index contributed by atoms with van der Waals surface area (Å²) in [6, 6.07) is -0.209. The molecule has 1 aromatic rings. The summed E-state index contributed by atoms with van der Waals surface area (Å²) < 4.78 is 10.7. The zero-order valence-electron chi connectivity index (χ0n) is 12.7. The van der Waals surface area contributed by atoms with Gasteiger partial charge in [-0.05, 0) is 25.7 Å². The Hall–Kier alpha value is -1.47. The van der Waals surface area contributed by atoms with Gasteiger partial charge in [0.05, 0.1) is 13.2 Å². The van der Waals surface area contributed by atoms with Crippen molar-refractivity contribution in [3.8, 4) is 0 Å². The number of nitrogens with zero attached hydrogens (tertiary/aromatic N) is 3. The number of aromatic nitrogens is 2. The molecule has 2 atom stereocenters. The molecule has 120 valence electrons. The Morgan fingerprint density at radius 2 is 2.18 bits per heavy atom. The Labute approximate surface area is 129 Å². The van der Waals surface area contributed by atoms with Crippen LogP contribution in [0.15, 0.2) is 4.52 Å². The standard InChI is InChI=1S/C15H22N4O3/c20-15(12-9-21-7-5-16-12)19-6-1-2-11(8-19)13-17-14(22-18-13)10-3-4-10/h10-12,16H,1-9H2. The number of morpholine rings is 1. The molecule has 2 aliphatic heterocycles. The second kappa shape index (κ2) is 5.96. The lowest BCUT2D eigenvalue weighted by molar-refractivity contribution is -0.137. The number of amides is 1. The molecule has 3 heterocycles. The fraction of sp³-hybridized carbons (Fsp3) is 0.800. The van der Waals surface area contributed by atoms with Gasteiger partial charge in [0, 0.05) is 31.5 Å². The van der Waals surface area contributed by atoms with Crippen molar-refractivity contribution < 1.29 is 14.1 Å². The van der Waals surface area contributed by atoms with Crippen LogP contribution in [0.25, 0.3) is 0 Å². The molecule has 0 radical (unpaired) electrons. The van der Waals surface area contributed by atoms with Gasteiger partial charge in [-0.3, -0.25) is 4.79 Å². The van der Waals surface area contributed by atoms with Gasteiger partial charge >= 0.3 is 0 Å². The Morgan fingerprint density at radius 3 is 2.95 bits per heavy atom. The minimum Gasteiger partial charge on any atom is -0.378 e. The van der Waals surface area contributed by atoms with E-state index in [-0.39, 0.29) is 17.9 Å². The van der Waals surface area contributed by atoms with Crippen LogP contribution in [0.5, 0.6) is 0 Å². The maximum atomic E-state index is 12.6. The Bertz CT molecular complexity index is 537. The van der Waals surface area contributed by atoms with Crippen LogP contribution in [0.3, 0.4) is 0 Å². The third-order valence-corrected chi connectivity index (χ3v) is 4.70. The molecule has 1 aromatic heterocycles. The maximum absolute atomic E-state index is 12.6. The molecule has 2 saturated heterocycles. The average Bonchev–Trinajstić information content (AvgIpc) is 3.32. The zero-order valence-corrected chi connectivity index (χ0v) is 12.7. The first-order chi connectivity index (χ1) is 10.8. The summed E-state index contributed by atoms with van der Waals surface area (Å²) >= 11 is 0. The molecule has 0 spiro atoms. The second-order valence-corrected chi connectivity index (χ2v) is 6.47. The number of carbonyl (C=O) groups is 1. The SMILES string of the molecule is O=C(C1COCCN1)N1CCCC(c2noc(C3CC3)n2)C1. The molecule has 22 heavy (non-hydrogen) atoms. The van der Waals surface area contributed by atoms with Crippen LogP contribution < -0.4 is 5.32 Å². The molecule has 1 N–H and O–H groups in total. The quantitative estimate of drug-likeness (QED) is 0.883. The number of ether oxygens (including phenoxy) is 1. The Kier molecular flexibility index (Phi) is 3.83. The van der Waals surface area contributed by atoms with Crippen LogP contribution in [-0.2, 0) is 9.53 Å². The van der Waals surface area contributed by atoms with E-state index in [1.807, 2.05) is 4.90 Å². The van der Waals surface area contributed by atoms with E-state index in [9.17, 15) is 4.79 Å². The van der Waals surface area contributed by atoms with E-state index >= 15 is 0 Å². The highest BCUT2D eigenvalue weighted by Gasteiger charge is 2.34. The first-order valence-electron chi connectivity index (χ1n) is 8.24. The topological polar surface area (TPSA) is 80.5 Å². The highest BCUT2D eigenvalue weighted by Crippen LogP contribution is 2.39. The lowest BCUT2D eigenvalue weighted by Crippen LogP contribution is -2.54. The monoisotopic (exact) mass is 306 g/mol.